The van der Waals surface area contributed by atoms with Gasteiger partial charge in [-0.25, -0.2) is 0 Å². The lowest BCUT2D eigenvalue weighted by molar-refractivity contribution is -0.141. The zero-order chi connectivity index (χ0) is 14.0. The van der Waals surface area contributed by atoms with E-state index < -0.39 is 5.92 Å². The second-order valence-corrected chi connectivity index (χ2v) is 4.53. The first-order chi connectivity index (χ1) is 9.08. The van der Waals surface area contributed by atoms with Crippen LogP contribution in [0.3, 0.4) is 0 Å². The first-order valence-corrected chi connectivity index (χ1v) is 6.31. The highest BCUT2D eigenvalue weighted by atomic mass is 16.5. The molecule has 0 aliphatic heterocycles. The van der Waals surface area contributed by atoms with Gasteiger partial charge in [0.25, 0.3) is 0 Å². The Bertz CT molecular complexity index is 673. The summed E-state index contributed by atoms with van der Waals surface area (Å²) >= 11 is 0. The van der Waals surface area contributed by atoms with Crippen molar-refractivity contribution in [3.63, 3.8) is 0 Å². The number of rotatable bonds is 3. The molecular formula is C15H17NO3. The number of para-hydroxylation sites is 1. The van der Waals surface area contributed by atoms with Gasteiger partial charge < -0.3 is 9.72 Å². The first kappa shape index (κ1) is 13.3. The second-order valence-electron chi connectivity index (χ2n) is 4.53. The van der Waals surface area contributed by atoms with Crippen LogP contribution in [0.5, 0.6) is 0 Å². The highest BCUT2D eigenvalue weighted by Gasteiger charge is 2.19. The first-order valence-electron chi connectivity index (χ1n) is 6.31. The minimum Gasteiger partial charge on any atom is -0.469 e. The summed E-state index contributed by atoms with van der Waals surface area (Å²) in [7, 11) is 1.35. The van der Waals surface area contributed by atoms with Crippen LogP contribution in [0, 0.1) is 0 Å². The van der Waals surface area contributed by atoms with E-state index in [1.54, 1.807) is 6.92 Å². The maximum absolute atomic E-state index is 11.8. The lowest BCUT2D eigenvalue weighted by Gasteiger charge is -2.13. The molecule has 4 nitrogen and oxygen atoms in total. The van der Waals surface area contributed by atoms with E-state index in [1.807, 2.05) is 25.1 Å². The molecule has 1 N–H and O–H groups in total. The van der Waals surface area contributed by atoms with Crippen LogP contribution in [0.15, 0.2) is 29.1 Å². The number of esters is 1. The summed E-state index contributed by atoms with van der Waals surface area (Å²) in [6.45, 7) is 3.78. The standard InChI is InChI=1S/C15H17NO3/c1-4-10-6-5-7-11-12(9(2)15(18)19-3)8-13(17)16-14(10)11/h5-9H,4H2,1-3H3,(H,16,17). The molecule has 2 rings (SSSR count). The van der Waals surface area contributed by atoms with E-state index in [4.69, 9.17) is 4.74 Å². The molecule has 100 valence electrons. The van der Waals surface area contributed by atoms with Crippen LogP contribution in [-0.2, 0) is 16.0 Å². The van der Waals surface area contributed by atoms with Gasteiger partial charge in [-0.3, -0.25) is 9.59 Å². The molecule has 0 radical (unpaired) electrons. The number of nitrogens with one attached hydrogen (secondary N) is 1. The fraction of sp³-hybridized carbons (Fsp3) is 0.333. The van der Waals surface area contributed by atoms with Crippen LogP contribution in [-0.4, -0.2) is 18.1 Å². The lowest BCUT2D eigenvalue weighted by Crippen LogP contribution is -2.15. The van der Waals surface area contributed by atoms with Gasteiger partial charge in [0.15, 0.2) is 0 Å². The Morgan fingerprint density at radius 1 is 1.42 bits per heavy atom. The third-order valence-electron chi connectivity index (χ3n) is 3.40. The highest BCUT2D eigenvalue weighted by molar-refractivity contribution is 5.90. The number of hydrogen-bond acceptors (Lipinski definition) is 3. The van der Waals surface area contributed by atoms with E-state index >= 15 is 0 Å². The van der Waals surface area contributed by atoms with Crippen LogP contribution < -0.4 is 5.56 Å². The molecule has 1 aromatic heterocycles. The summed E-state index contributed by atoms with van der Waals surface area (Å²) in [5, 5.41) is 0.900. The quantitative estimate of drug-likeness (QED) is 0.861. The Balaban J connectivity index is 2.74. The van der Waals surface area contributed by atoms with Crippen molar-refractivity contribution in [3.05, 3.63) is 45.7 Å². The summed E-state index contributed by atoms with van der Waals surface area (Å²) in [6.07, 6.45) is 0.823. The summed E-state index contributed by atoms with van der Waals surface area (Å²) in [4.78, 5) is 26.3. The fourth-order valence-electron chi connectivity index (χ4n) is 2.32. The predicted octanol–water partition coefficient (Wildman–Crippen LogP) is 2.37. The number of fused-ring (bicyclic) bond motifs is 1. The van der Waals surface area contributed by atoms with Crippen molar-refractivity contribution < 1.29 is 9.53 Å². The minimum atomic E-state index is -0.457. The van der Waals surface area contributed by atoms with Gasteiger partial charge >= 0.3 is 5.97 Å². The third-order valence-corrected chi connectivity index (χ3v) is 3.40. The average Bonchev–Trinajstić information content (AvgIpc) is 2.44. The summed E-state index contributed by atoms with van der Waals surface area (Å²) < 4.78 is 4.76. The predicted molar refractivity (Wildman–Crippen MR) is 74.4 cm³/mol. The van der Waals surface area contributed by atoms with Crippen molar-refractivity contribution in [3.8, 4) is 0 Å². The Morgan fingerprint density at radius 2 is 2.16 bits per heavy atom. The van der Waals surface area contributed by atoms with E-state index in [1.165, 1.54) is 13.2 Å². The van der Waals surface area contributed by atoms with Gasteiger partial charge in [-0.05, 0) is 24.5 Å². The SMILES string of the molecule is CCc1cccc2c(C(C)C(=O)OC)cc(=O)[nH]c12. The van der Waals surface area contributed by atoms with Crippen molar-refractivity contribution in [2.24, 2.45) is 0 Å². The van der Waals surface area contributed by atoms with Gasteiger partial charge in [0, 0.05) is 11.5 Å². The van der Waals surface area contributed by atoms with Crippen molar-refractivity contribution >= 4 is 16.9 Å². The number of benzene rings is 1. The van der Waals surface area contributed by atoms with E-state index in [2.05, 4.69) is 4.98 Å². The van der Waals surface area contributed by atoms with Gasteiger partial charge in [0.2, 0.25) is 5.56 Å². The maximum atomic E-state index is 11.8. The van der Waals surface area contributed by atoms with E-state index in [0.29, 0.717) is 5.56 Å². The Labute approximate surface area is 111 Å². The maximum Gasteiger partial charge on any atom is 0.312 e. The molecule has 1 atom stereocenters. The molecule has 0 aliphatic rings. The van der Waals surface area contributed by atoms with Gasteiger partial charge in [-0.2, -0.15) is 0 Å². The van der Waals surface area contributed by atoms with E-state index in [0.717, 1.165) is 22.9 Å². The number of aromatic amines is 1. The number of ether oxygens (including phenoxy) is 1. The van der Waals surface area contributed by atoms with Gasteiger partial charge in [0.1, 0.15) is 0 Å². The molecule has 19 heavy (non-hydrogen) atoms. The zero-order valence-corrected chi connectivity index (χ0v) is 11.3. The molecule has 0 bridgehead atoms. The lowest BCUT2D eigenvalue weighted by atomic mass is 9.95. The molecular weight excluding hydrogens is 242 g/mol. The smallest absolute Gasteiger partial charge is 0.312 e. The van der Waals surface area contributed by atoms with Gasteiger partial charge in [0.05, 0.1) is 18.5 Å². The normalized spacial score (nSPS) is 12.4. The van der Waals surface area contributed by atoms with E-state index in [-0.39, 0.29) is 11.5 Å². The molecule has 0 saturated heterocycles. The number of aromatic nitrogens is 1. The molecule has 4 heteroatoms. The largest absolute Gasteiger partial charge is 0.469 e. The number of methoxy groups -OCH3 is 1. The van der Waals surface area contributed by atoms with Crippen molar-refractivity contribution in [2.75, 3.05) is 7.11 Å². The van der Waals surface area contributed by atoms with Crippen LogP contribution >= 0.6 is 0 Å². The second kappa shape index (κ2) is 5.26. The van der Waals surface area contributed by atoms with Gasteiger partial charge in [-0.1, -0.05) is 25.1 Å². The Hall–Kier alpha value is -2.10. The molecule has 0 amide bonds. The monoisotopic (exact) mass is 259 g/mol. The third kappa shape index (κ3) is 2.38. The van der Waals surface area contributed by atoms with Crippen LogP contribution in [0.25, 0.3) is 10.9 Å². The molecule has 1 unspecified atom stereocenters. The average molecular weight is 259 g/mol. The molecule has 1 aromatic carbocycles. The molecule has 0 aliphatic carbocycles. The van der Waals surface area contributed by atoms with Crippen LogP contribution in [0.1, 0.15) is 30.9 Å². The Morgan fingerprint density at radius 3 is 2.79 bits per heavy atom. The molecule has 0 fully saturated rings. The van der Waals surface area contributed by atoms with E-state index in [9.17, 15) is 9.59 Å². The number of H-pyrrole nitrogens is 1. The summed E-state index contributed by atoms with van der Waals surface area (Å²) in [5.41, 5.74) is 2.39. The Kier molecular flexibility index (Phi) is 3.69. The van der Waals surface area contributed by atoms with Gasteiger partial charge in [-0.15, -0.1) is 0 Å². The van der Waals surface area contributed by atoms with Crippen LogP contribution in [0.2, 0.25) is 0 Å². The minimum absolute atomic E-state index is 0.195. The molecule has 1 heterocycles. The molecule has 0 spiro atoms. The molecule has 0 saturated carbocycles. The zero-order valence-electron chi connectivity index (χ0n) is 11.3. The number of hydrogen-bond donors (Lipinski definition) is 1. The number of carbonyl (C=O) groups excluding carboxylic acids is 1. The number of aryl methyl sites for hydroxylation is 1. The highest BCUT2D eigenvalue weighted by Crippen LogP contribution is 2.26. The van der Waals surface area contributed by atoms with Crippen molar-refractivity contribution in [1.82, 2.24) is 4.98 Å². The molecule has 2 aromatic rings. The number of carbonyl (C=O) groups is 1. The fourth-order valence-corrected chi connectivity index (χ4v) is 2.32. The van der Waals surface area contributed by atoms with Crippen LogP contribution in [0.4, 0.5) is 0 Å². The topological polar surface area (TPSA) is 59.2 Å². The summed E-state index contributed by atoms with van der Waals surface area (Å²) in [5.74, 6) is -0.796. The van der Waals surface area contributed by atoms with Crippen molar-refractivity contribution in [1.29, 1.82) is 0 Å². The number of pyridine rings is 1. The summed E-state index contributed by atoms with van der Waals surface area (Å²) in [6, 6.07) is 7.31. The van der Waals surface area contributed by atoms with Crippen molar-refractivity contribution in [2.45, 2.75) is 26.2 Å².